The summed E-state index contributed by atoms with van der Waals surface area (Å²) in [5.74, 6) is 0.811. The number of pyridine rings is 1. The van der Waals surface area contributed by atoms with E-state index in [9.17, 15) is 9.90 Å². The second-order valence-electron chi connectivity index (χ2n) is 5.34. The van der Waals surface area contributed by atoms with Crippen LogP contribution in [-0.4, -0.2) is 46.3 Å². The van der Waals surface area contributed by atoms with Gasteiger partial charge in [-0.15, -0.1) is 11.8 Å². The molecule has 0 aromatic carbocycles. The lowest BCUT2D eigenvalue weighted by Crippen LogP contribution is -2.31. The largest absolute Gasteiger partial charge is 0.393 e. The van der Waals surface area contributed by atoms with Gasteiger partial charge in [-0.2, -0.15) is 0 Å². The summed E-state index contributed by atoms with van der Waals surface area (Å²) in [7, 11) is 0. The molecule has 3 atom stereocenters. The van der Waals surface area contributed by atoms with Gasteiger partial charge in [-0.05, 0) is 37.1 Å². The van der Waals surface area contributed by atoms with E-state index in [1.54, 1.807) is 12.3 Å². The van der Waals surface area contributed by atoms with E-state index in [1.165, 1.54) is 11.8 Å². The molecule has 3 unspecified atom stereocenters. The molecular formula is C14H18N2O2S. The van der Waals surface area contributed by atoms with Gasteiger partial charge in [-0.25, -0.2) is 4.98 Å². The van der Waals surface area contributed by atoms with Crippen molar-refractivity contribution in [1.29, 1.82) is 0 Å². The number of fused-ring (bicyclic) bond motifs is 1. The minimum absolute atomic E-state index is 0.0547. The molecule has 0 spiro atoms. The SMILES string of the molecule is CSc1ncccc1C(=O)N1CC2CCC(O)C2C1. The summed E-state index contributed by atoms with van der Waals surface area (Å²) >= 11 is 1.50. The lowest BCUT2D eigenvalue weighted by Gasteiger charge is -2.19. The predicted molar refractivity (Wildman–Crippen MR) is 74.1 cm³/mol. The average molecular weight is 278 g/mol. The van der Waals surface area contributed by atoms with Crippen LogP contribution in [0.3, 0.4) is 0 Å². The quantitative estimate of drug-likeness (QED) is 0.836. The van der Waals surface area contributed by atoms with E-state index in [0.29, 0.717) is 18.0 Å². The zero-order valence-corrected chi connectivity index (χ0v) is 11.8. The van der Waals surface area contributed by atoms with Crippen molar-refractivity contribution in [2.24, 2.45) is 11.8 Å². The summed E-state index contributed by atoms with van der Waals surface area (Å²) < 4.78 is 0. The lowest BCUT2D eigenvalue weighted by atomic mass is 10.00. The number of amides is 1. The number of aliphatic hydroxyl groups is 1. The van der Waals surface area contributed by atoms with Crippen LogP contribution in [0, 0.1) is 11.8 Å². The lowest BCUT2D eigenvalue weighted by molar-refractivity contribution is 0.0748. The molecule has 2 fully saturated rings. The molecule has 1 aliphatic carbocycles. The predicted octanol–water partition coefficient (Wildman–Crippen LogP) is 1.65. The molecule has 102 valence electrons. The zero-order chi connectivity index (χ0) is 13.4. The third-order valence-corrected chi connectivity index (χ3v) is 5.01. The summed E-state index contributed by atoms with van der Waals surface area (Å²) in [5, 5.41) is 10.7. The molecule has 1 aliphatic heterocycles. The topological polar surface area (TPSA) is 53.4 Å². The third kappa shape index (κ3) is 2.25. The first-order valence-corrected chi connectivity index (χ1v) is 7.89. The van der Waals surface area contributed by atoms with Crippen LogP contribution in [-0.2, 0) is 0 Å². The fourth-order valence-electron chi connectivity index (χ4n) is 3.29. The molecule has 5 heteroatoms. The summed E-state index contributed by atoms with van der Waals surface area (Å²) in [5.41, 5.74) is 0.685. The van der Waals surface area contributed by atoms with Gasteiger partial charge in [0, 0.05) is 25.2 Å². The summed E-state index contributed by atoms with van der Waals surface area (Å²) in [6.07, 6.45) is 5.35. The highest BCUT2D eigenvalue weighted by Crippen LogP contribution is 2.38. The van der Waals surface area contributed by atoms with Crippen molar-refractivity contribution < 1.29 is 9.90 Å². The van der Waals surface area contributed by atoms with Gasteiger partial charge in [0.2, 0.25) is 0 Å². The minimum atomic E-state index is -0.225. The molecule has 2 aliphatic rings. The Morgan fingerprint density at radius 3 is 3.05 bits per heavy atom. The van der Waals surface area contributed by atoms with Crippen molar-refractivity contribution in [3.8, 4) is 0 Å². The number of aromatic nitrogens is 1. The number of carbonyl (C=O) groups is 1. The first kappa shape index (κ1) is 12.9. The zero-order valence-electron chi connectivity index (χ0n) is 11.0. The van der Waals surface area contributed by atoms with Crippen molar-refractivity contribution in [1.82, 2.24) is 9.88 Å². The molecule has 0 radical (unpaired) electrons. The molecular weight excluding hydrogens is 260 g/mol. The molecule has 0 bridgehead atoms. The molecule has 1 aromatic heterocycles. The summed E-state index contributed by atoms with van der Waals surface area (Å²) in [4.78, 5) is 18.7. The van der Waals surface area contributed by atoms with Gasteiger partial charge < -0.3 is 10.0 Å². The normalized spacial score (nSPS) is 29.6. The van der Waals surface area contributed by atoms with E-state index >= 15 is 0 Å². The van der Waals surface area contributed by atoms with E-state index in [1.807, 2.05) is 17.2 Å². The smallest absolute Gasteiger partial charge is 0.256 e. The Balaban J connectivity index is 1.78. The van der Waals surface area contributed by atoms with Crippen molar-refractivity contribution in [3.05, 3.63) is 23.9 Å². The fraction of sp³-hybridized carbons (Fsp3) is 0.571. The molecule has 1 saturated heterocycles. The van der Waals surface area contributed by atoms with E-state index in [4.69, 9.17) is 0 Å². The number of likely N-dealkylation sites (tertiary alicyclic amines) is 1. The van der Waals surface area contributed by atoms with Crippen LogP contribution >= 0.6 is 11.8 Å². The van der Waals surface area contributed by atoms with E-state index < -0.39 is 0 Å². The molecule has 3 rings (SSSR count). The maximum absolute atomic E-state index is 12.6. The monoisotopic (exact) mass is 278 g/mol. The number of hydrogen-bond acceptors (Lipinski definition) is 4. The molecule has 1 saturated carbocycles. The Bertz CT molecular complexity index is 494. The van der Waals surface area contributed by atoms with Gasteiger partial charge in [-0.1, -0.05) is 0 Å². The Kier molecular flexibility index (Phi) is 3.50. The maximum atomic E-state index is 12.6. The molecule has 1 aromatic rings. The van der Waals surface area contributed by atoms with E-state index in [2.05, 4.69) is 4.98 Å². The van der Waals surface area contributed by atoms with Crippen molar-refractivity contribution >= 4 is 17.7 Å². The van der Waals surface area contributed by atoms with Crippen molar-refractivity contribution in [2.75, 3.05) is 19.3 Å². The first-order chi connectivity index (χ1) is 9.20. The van der Waals surface area contributed by atoms with E-state index in [-0.39, 0.29) is 17.9 Å². The van der Waals surface area contributed by atoms with Crippen LogP contribution in [0.5, 0.6) is 0 Å². The highest BCUT2D eigenvalue weighted by molar-refractivity contribution is 7.98. The van der Waals surface area contributed by atoms with Crippen LogP contribution in [0.15, 0.2) is 23.4 Å². The van der Waals surface area contributed by atoms with Crippen LogP contribution in [0.4, 0.5) is 0 Å². The maximum Gasteiger partial charge on any atom is 0.256 e. The molecule has 4 nitrogen and oxygen atoms in total. The number of nitrogens with zero attached hydrogens (tertiary/aromatic N) is 2. The Morgan fingerprint density at radius 1 is 1.47 bits per heavy atom. The van der Waals surface area contributed by atoms with Gasteiger partial charge in [-0.3, -0.25) is 4.79 Å². The second kappa shape index (κ2) is 5.13. The van der Waals surface area contributed by atoms with Crippen molar-refractivity contribution in [2.45, 2.75) is 24.0 Å². The number of thioether (sulfide) groups is 1. The van der Waals surface area contributed by atoms with Crippen LogP contribution in [0.25, 0.3) is 0 Å². The highest BCUT2D eigenvalue weighted by Gasteiger charge is 2.43. The molecule has 1 amide bonds. The van der Waals surface area contributed by atoms with Gasteiger partial charge in [0.05, 0.1) is 11.7 Å². The van der Waals surface area contributed by atoms with Gasteiger partial charge >= 0.3 is 0 Å². The molecule has 1 N–H and O–H groups in total. The van der Waals surface area contributed by atoms with Gasteiger partial charge in [0.1, 0.15) is 5.03 Å². The Morgan fingerprint density at radius 2 is 2.32 bits per heavy atom. The fourth-order valence-corrected chi connectivity index (χ4v) is 3.83. The van der Waals surface area contributed by atoms with Crippen LogP contribution in [0.1, 0.15) is 23.2 Å². The Hall–Kier alpha value is -1.07. The standard InChI is InChI=1S/C14H18N2O2S/c1-19-13-10(3-2-6-15-13)14(18)16-7-9-4-5-12(17)11(9)8-16/h2-3,6,9,11-12,17H,4-5,7-8H2,1H3. The third-order valence-electron chi connectivity index (χ3n) is 4.30. The van der Waals surface area contributed by atoms with Gasteiger partial charge in [0.15, 0.2) is 0 Å². The van der Waals surface area contributed by atoms with Crippen LogP contribution in [0.2, 0.25) is 0 Å². The number of rotatable bonds is 2. The van der Waals surface area contributed by atoms with E-state index in [0.717, 1.165) is 24.4 Å². The van der Waals surface area contributed by atoms with Crippen LogP contribution < -0.4 is 0 Å². The van der Waals surface area contributed by atoms with Crippen molar-refractivity contribution in [3.63, 3.8) is 0 Å². The highest BCUT2D eigenvalue weighted by atomic mass is 32.2. The molecule has 19 heavy (non-hydrogen) atoms. The Labute approximate surface area is 117 Å². The second-order valence-corrected chi connectivity index (χ2v) is 6.13. The summed E-state index contributed by atoms with van der Waals surface area (Å²) in [6.45, 7) is 1.47. The first-order valence-electron chi connectivity index (χ1n) is 6.67. The molecule has 2 heterocycles. The van der Waals surface area contributed by atoms with Gasteiger partial charge in [0.25, 0.3) is 5.91 Å². The average Bonchev–Trinajstić information content (AvgIpc) is 3.00. The summed E-state index contributed by atoms with van der Waals surface area (Å²) in [6, 6.07) is 3.64. The number of hydrogen-bond donors (Lipinski definition) is 1. The minimum Gasteiger partial charge on any atom is -0.393 e. The number of aliphatic hydroxyl groups excluding tert-OH is 1. The number of carbonyl (C=O) groups excluding carboxylic acids is 1.